The highest BCUT2D eigenvalue weighted by atomic mass is 32.1. The molecule has 2 aliphatic rings. The van der Waals surface area contributed by atoms with E-state index in [0.717, 1.165) is 21.7 Å². The number of hydrogen-bond acceptors (Lipinski definition) is 5. The molecule has 0 spiro atoms. The molecule has 2 heterocycles. The summed E-state index contributed by atoms with van der Waals surface area (Å²) in [5.41, 5.74) is 7.07. The molecule has 132 valence electrons. The number of carbonyl (C=O) groups is 1. The number of hydrogen-bond donors (Lipinski definition) is 3. The van der Waals surface area contributed by atoms with Crippen molar-refractivity contribution in [3.05, 3.63) is 38.8 Å². The summed E-state index contributed by atoms with van der Waals surface area (Å²) in [6.07, 6.45) is 5.74. The highest BCUT2D eigenvalue weighted by Crippen LogP contribution is 2.42. The number of aryl methyl sites for hydroxylation is 2. The zero-order valence-electron chi connectivity index (χ0n) is 14.3. The SMILES string of the molecule is Cc1sc2nc(CCNC(=O)[C@@H]3[C@H](N)[C@@H]4C=C[C@H]3C4)[nH]c(=O)c2c1C. The Bertz CT molecular complexity index is 929. The number of rotatable bonds is 4. The van der Waals surface area contributed by atoms with Crippen LogP contribution in [0.15, 0.2) is 16.9 Å². The molecule has 1 saturated carbocycles. The number of nitrogens with one attached hydrogen (secondary N) is 2. The number of H-pyrrole nitrogens is 1. The van der Waals surface area contributed by atoms with E-state index in [0.29, 0.717) is 30.1 Å². The lowest BCUT2D eigenvalue weighted by molar-refractivity contribution is -0.126. The Hall–Kier alpha value is -1.99. The van der Waals surface area contributed by atoms with E-state index in [-0.39, 0.29) is 29.3 Å². The van der Waals surface area contributed by atoms with Gasteiger partial charge in [0.05, 0.1) is 11.3 Å². The quantitative estimate of drug-likeness (QED) is 0.719. The Morgan fingerprint density at radius 2 is 2.16 bits per heavy atom. The van der Waals surface area contributed by atoms with Gasteiger partial charge >= 0.3 is 0 Å². The number of carbonyl (C=O) groups excluding carboxylic acids is 1. The molecule has 2 aromatic rings. The second kappa shape index (κ2) is 6.07. The number of aromatic amines is 1. The normalized spacial score (nSPS) is 27.3. The summed E-state index contributed by atoms with van der Waals surface area (Å²) in [6, 6.07) is -0.0821. The van der Waals surface area contributed by atoms with Gasteiger partial charge in [-0.1, -0.05) is 12.2 Å². The van der Waals surface area contributed by atoms with Crippen molar-refractivity contribution < 1.29 is 4.79 Å². The molecule has 0 radical (unpaired) electrons. The molecule has 7 heteroatoms. The van der Waals surface area contributed by atoms with E-state index in [1.807, 2.05) is 13.8 Å². The van der Waals surface area contributed by atoms with E-state index in [4.69, 9.17) is 5.73 Å². The van der Waals surface area contributed by atoms with Crippen molar-refractivity contribution in [1.29, 1.82) is 0 Å². The summed E-state index contributed by atoms with van der Waals surface area (Å²) in [7, 11) is 0. The molecule has 4 N–H and O–H groups in total. The molecule has 1 fully saturated rings. The van der Waals surface area contributed by atoms with Gasteiger partial charge in [0.25, 0.3) is 5.56 Å². The third-order valence-electron chi connectivity index (χ3n) is 5.57. The van der Waals surface area contributed by atoms with E-state index in [2.05, 4.69) is 27.4 Å². The second-order valence-electron chi connectivity index (χ2n) is 7.07. The lowest BCUT2D eigenvalue weighted by Crippen LogP contribution is -2.44. The molecule has 2 aliphatic carbocycles. The minimum atomic E-state index is -0.132. The maximum Gasteiger partial charge on any atom is 0.259 e. The first-order valence-corrected chi connectivity index (χ1v) is 9.48. The van der Waals surface area contributed by atoms with E-state index in [1.165, 1.54) is 11.3 Å². The summed E-state index contributed by atoms with van der Waals surface area (Å²) in [5.74, 6) is 1.09. The molecule has 4 atom stereocenters. The monoisotopic (exact) mass is 358 g/mol. The minimum Gasteiger partial charge on any atom is -0.355 e. The Labute approximate surface area is 149 Å². The molecular weight excluding hydrogens is 336 g/mol. The number of fused-ring (bicyclic) bond motifs is 3. The van der Waals surface area contributed by atoms with Crippen molar-refractivity contribution in [3.63, 3.8) is 0 Å². The van der Waals surface area contributed by atoms with Crippen LogP contribution in [0.3, 0.4) is 0 Å². The Morgan fingerprint density at radius 3 is 2.88 bits per heavy atom. The minimum absolute atomic E-state index is 0.00980. The Kier molecular flexibility index (Phi) is 4.00. The third-order valence-corrected chi connectivity index (χ3v) is 6.67. The molecule has 0 saturated heterocycles. The van der Waals surface area contributed by atoms with E-state index >= 15 is 0 Å². The topological polar surface area (TPSA) is 101 Å². The fraction of sp³-hybridized carbons (Fsp3) is 0.500. The molecule has 2 aromatic heterocycles. The van der Waals surface area contributed by atoms with Crippen molar-refractivity contribution in [2.45, 2.75) is 32.7 Å². The average Bonchev–Trinajstić information content (AvgIpc) is 3.22. The first-order chi connectivity index (χ1) is 12.0. The Balaban J connectivity index is 1.42. The van der Waals surface area contributed by atoms with Crippen LogP contribution < -0.4 is 16.6 Å². The predicted molar refractivity (Wildman–Crippen MR) is 98.6 cm³/mol. The molecule has 0 unspecified atom stereocenters. The fourth-order valence-corrected chi connectivity index (χ4v) is 5.12. The van der Waals surface area contributed by atoms with Gasteiger partial charge in [-0.25, -0.2) is 4.98 Å². The van der Waals surface area contributed by atoms with Crippen LogP contribution in [0, 0.1) is 31.6 Å². The van der Waals surface area contributed by atoms with Crippen LogP contribution in [0.1, 0.15) is 22.7 Å². The molecule has 25 heavy (non-hydrogen) atoms. The summed E-state index contributed by atoms with van der Waals surface area (Å²) in [6.45, 7) is 4.38. The van der Waals surface area contributed by atoms with Gasteiger partial charge in [0.15, 0.2) is 0 Å². The van der Waals surface area contributed by atoms with Crippen molar-refractivity contribution in [2.75, 3.05) is 6.54 Å². The highest BCUT2D eigenvalue weighted by molar-refractivity contribution is 7.18. The molecule has 0 aromatic carbocycles. The maximum absolute atomic E-state index is 12.4. The van der Waals surface area contributed by atoms with Gasteiger partial charge in [-0.15, -0.1) is 11.3 Å². The van der Waals surface area contributed by atoms with E-state index in [9.17, 15) is 9.59 Å². The molecule has 0 aliphatic heterocycles. The molecular formula is C18H22N4O2S. The zero-order valence-corrected chi connectivity index (χ0v) is 15.2. The maximum atomic E-state index is 12.4. The highest BCUT2D eigenvalue weighted by Gasteiger charge is 2.46. The first-order valence-electron chi connectivity index (χ1n) is 8.66. The zero-order chi connectivity index (χ0) is 17.7. The van der Waals surface area contributed by atoms with Gasteiger partial charge in [0.2, 0.25) is 5.91 Å². The number of nitrogens with zero attached hydrogens (tertiary/aromatic N) is 1. The smallest absolute Gasteiger partial charge is 0.259 e. The fourth-order valence-electron chi connectivity index (χ4n) is 4.07. The van der Waals surface area contributed by atoms with Gasteiger partial charge in [0, 0.05) is 23.9 Å². The van der Waals surface area contributed by atoms with Gasteiger partial charge < -0.3 is 16.0 Å². The van der Waals surface area contributed by atoms with Gasteiger partial charge in [-0.3, -0.25) is 9.59 Å². The standard InChI is InChI=1S/C18H22N4O2S/c1-8-9(2)25-18-13(8)17(24)21-12(22-18)5-6-20-16(23)14-10-3-4-11(7-10)15(14)19/h3-4,10-11,14-15H,5-7,19H2,1-2H3,(H,20,23)(H,21,22,24)/t10-,11+,14-,15+/m0/s1. The summed E-state index contributed by atoms with van der Waals surface area (Å²) >= 11 is 1.53. The Morgan fingerprint density at radius 1 is 1.40 bits per heavy atom. The van der Waals surface area contributed by atoms with Crippen molar-refractivity contribution in [1.82, 2.24) is 15.3 Å². The molecule has 2 bridgehead atoms. The predicted octanol–water partition coefficient (Wildman–Crippen LogP) is 1.41. The summed E-state index contributed by atoms with van der Waals surface area (Å²) in [4.78, 5) is 34.0. The van der Waals surface area contributed by atoms with Crippen molar-refractivity contribution in [2.24, 2.45) is 23.5 Å². The number of allylic oxidation sites excluding steroid dienone is 1. The lowest BCUT2D eigenvalue weighted by Gasteiger charge is -2.23. The van der Waals surface area contributed by atoms with Crippen molar-refractivity contribution >= 4 is 27.5 Å². The molecule has 6 nitrogen and oxygen atoms in total. The van der Waals surface area contributed by atoms with Crippen LogP contribution in [0.2, 0.25) is 0 Å². The second-order valence-corrected chi connectivity index (χ2v) is 8.27. The van der Waals surface area contributed by atoms with E-state index in [1.54, 1.807) is 0 Å². The lowest BCUT2D eigenvalue weighted by atomic mass is 9.89. The molecule has 4 rings (SSSR count). The number of nitrogens with two attached hydrogens (primary N) is 1. The number of aromatic nitrogens is 2. The van der Waals surface area contributed by atoms with Crippen LogP contribution >= 0.6 is 11.3 Å². The summed E-state index contributed by atoms with van der Waals surface area (Å²) < 4.78 is 0. The third kappa shape index (κ3) is 2.71. The van der Waals surface area contributed by atoms with Crippen LogP contribution in [-0.2, 0) is 11.2 Å². The van der Waals surface area contributed by atoms with Gasteiger partial charge in [0.1, 0.15) is 10.7 Å². The molecule has 1 amide bonds. The van der Waals surface area contributed by atoms with Crippen LogP contribution in [0.25, 0.3) is 10.2 Å². The van der Waals surface area contributed by atoms with Crippen LogP contribution in [0.4, 0.5) is 0 Å². The first kappa shape index (κ1) is 16.5. The van der Waals surface area contributed by atoms with E-state index < -0.39 is 0 Å². The van der Waals surface area contributed by atoms with Crippen LogP contribution in [-0.4, -0.2) is 28.5 Å². The number of thiophene rings is 1. The van der Waals surface area contributed by atoms with Gasteiger partial charge in [-0.05, 0) is 37.7 Å². The largest absolute Gasteiger partial charge is 0.355 e. The van der Waals surface area contributed by atoms with Crippen LogP contribution in [0.5, 0.6) is 0 Å². The summed E-state index contributed by atoms with van der Waals surface area (Å²) in [5, 5.41) is 3.64. The van der Waals surface area contributed by atoms with Gasteiger partial charge in [-0.2, -0.15) is 0 Å². The average molecular weight is 358 g/mol. The number of amides is 1. The van der Waals surface area contributed by atoms with Crippen molar-refractivity contribution in [3.8, 4) is 0 Å².